The third-order valence-electron chi connectivity index (χ3n) is 6.67. The zero-order valence-corrected chi connectivity index (χ0v) is 20.3. The minimum Gasteiger partial charge on any atom is -0.359 e. The fourth-order valence-corrected chi connectivity index (χ4v) is 4.64. The van der Waals surface area contributed by atoms with E-state index in [4.69, 9.17) is 0 Å². The number of fused-ring (bicyclic) bond motifs is 1. The molecule has 1 aliphatic heterocycles. The highest BCUT2D eigenvalue weighted by Crippen LogP contribution is 2.28. The lowest BCUT2D eigenvalue weighted by Gasteiger charge is -2.34. The second kappa shape index (κ2) is 9.74. The maximum Gasteiger partial charge on any atom is 0.295 e. The number of nitrogens with one attached hydrogen (secondary N) is 1. The molecule has 1 fully saturated rings. The predicted octanol–water partition coefficient (Wildman–Crippen LogP) is 2.98. The number of Topliss-reactive ketones (excluding diaryl/α,β-unsaturated/α-hetero) is 1. The molecule has 1 saturated heterocycles. The van der Waals surface area contributed by atoms with Crippen molar-refractivity contribution in [2.45, 2.75) is 0 Å². The lowest BCUT2D eigenvalue weighted by molar-refractivity contribution is -0.127. The van der Waals surface area contributed by atoms with Crippen molar-refractivity contribution in [3.05, 3.63) is 96.4 Å². The average Bonchev–Trinajstić information content (AvgIpc) is 3.65. The number of carbonyl (C=O) groups excluding carboxylic acids is 3. The van der Waals surface area contributed by atoms with Crippen LogP contribution in [0.2, 0.25) is 0 Å². The van der Waals surface area contributed by atoms with Gasteiger partial charge in [0, 0.05) is 49.7 Å². The Labute approximate surface area is 217 Å². The monoisotopic (exact) mass is 505 g/mol. The molecule has 0 unspecified atom stereocenters. The molecular formula is C28H23N7O3. The third kappa shape index (κ3) is 4.21. The Morgan fingerprint density at radius 3 is 2.24 bits per heavy atom. The number of H-pyrrole nitrogens is 1. The lowest BCUT2D eigenvalue weighted by atomic mass is 10.1. The number of nitrogens with zero attached hydrogens (tertiary/aromatic N) is 6. The van der Waals surface area contributed by atoms with Gasteiger partial charge >= 0.3 is 0 Å². The van der Waals surface area contributed by atoms with E-state index in [2.05, 4.69) is 20.3 Å². The second-order valence-electron chi connectivity index (χ2n) is 8.95. The molecule has 0 bridgehead atoms. The number of ketones is 1. The molecule has 188 valence electrons. The van der Waals surface area contributed by atoms with Crippen molar-refractivity contribution in [2.75, 3.05) is 26.2 Å². The molecule has 0 radical (unpaired) electrons. The van der Waals surface area contributed by atoms with Gasteiger partial charge < -0.3 is 14.8 Å². The van der Waals surface area contributed by atoms with Gasteiger partial charge in [-0.2, -0.15) is 0 Å². The van der Waals surface area contributed by atoms with Crippen molar-refractivity contribution in [2.24, 2.45) is 0 Å². The van der Waals surface area contributed by atoms with Gasteiger partial charge in [-0.1, -0.05) is 41.6 Å². The van der Waals surface area contributed by atoms with E-state index in [0.29, 0.717) is 35.4 Å². The van der Waals surface area contributed by atoms with Crippen molar-refractivity contribution >= 4 is 28.6 Å². The van der Waals surface area contributed by atoms with Crippen LogP contribution in [0.3, 0.4) is 0 Å². The molecule has 4 heterocycles. The molecule has 10 heteroatoms. The molecule has 1 N–H and O–H groups in total. The van der Waals surface area contributed by atoms with Crippen LogP contribution in [0.1, 0.15) is 20.7 Å². The quantitative estimate of drug-likeness (QED) is 0.290. The van der Waals surface area contributed by atoms with Crippen molar-refractivity contribution in [1.29, 1.82) is 0 Å². The Morgan fingerprint density at radius 2 is 1.50 bits per heavy atom. The largest absolute Gasteiger partial charge is 0.359 e. The number of aromatic nitrogens is 5. The average molecular weight is 506 g/mol. The highest BCUT2D eigenvalue weighted by molar-refractivity contribution is 6.44. The number of hydrogen-bond acceptors (Lipinski definition) is 6. The van der Waals surface area contributed by atoms with Gasteiger partial charge in [-0.25, -0.2) is 4.68 Å². The van der Waals surface area contributed by atoms with Crippen LogP contribution in [-0.2, 0) is 4.79 Å². The minimum absolute atomic E-state index is 0.0819. The topological polar surface area (TPSA) is 117 Å². The fourth-order valence-electron chi connectivity index (χ4n) is 4.64. The van der Waals surface area contributed by atoms with Crippen molar-refractivity contribution in [3.8, 4) is 16.9 Å². The van der Waals surface area contributed by atoms with Gasteiger partial charge in [0.25, 0.3) is 17.6 Å². The molecule has 0 atom stereocenters. The van der Waals surface area contributed by atoms with Crippen LogP contribution >= 0.6 is 0 Å². The Kier molecular flexibility index (Phi) is 5.97. The molecule has 0 spiro atoms. The van der Waals surface area contributed by atoms with E-state index >= 15 is 0 Å². The highest BCUT2D eigenvalue weighted by atomic mass is 16.2. The number of para-hydroxylation sites is 1. The zero-order valence-electron chi connectivity index (χ0n) is 20.3. The molecule has 6 rings (SSSR count). The Hall–Kier alpha value is -5.12. The molecule has 3 aromatic heterocycles. The normalized spacial score (nSPS) is 13.6. The van der Waals surface area contributed by atoms with Crippen LogP contribution in [0.4, 0.5) is 0 Å². The summed E-state index contributed by atoms with van der Waals surface area (Å²) < 4.78 is 1.67. The van der Waals surface area contributed by atoms with E-state index in [-0.39, 0.29) is 24.6 Å². The molecule has 0 aliphatic carbocycles. The van der Waals surface area contributed by atoms with Gasteiger partial charge in [0.1, 0.15) is 5.69 Å². The second-order valence-corrected chi connectivity index (χ2v) is 8.95. The zero-order chi connectivity index (χ0) is 26.1. The summed E-state index contributed by atoms with van der Waals surface area (Å²) in [6, 6.07) is 20.4. The number of amides is 2. The van der Waals surface area contributed by atoms with Gasteiger partial charge in [-0.15, -0.1) is 5.10 Å². The third-order valence-corrected chi connectivity index (χ3v) is 6.67. The number of aromatic amines is 1. The van der Waals surface area contributed by atoms with Crippen molar-refractivity contribution in [1.82, 2.24) is 34.8 Å². The fraction of sp³-hybridized carbons (Fsp3) is 0.143. The van der Waals surface area contributed by atoms with Gasteiger partial charge in [0.05, 0.1) is 28.5 Å². The summed E-state index contributed by atoms with van der Waals surface area (Å²) in [4.78, 5) is 49.7. The van der Waals surface area contributed by atoms with E-state index in [1.165, 1.54) is 11.1 Å². The van der Waals surface area contributed by atoms with E-state index in [0.717, 1.165) is 11.3 Å². The molecule has 10 nitrogen and oxygen atoms in total. The Balaban J connectivity index is 1.19. The molecular weight excluding hydrogens is 482 g/mol. The van der Waals surface area contributed by atoms with Gasteiger partial charge in [-0.3, -0.25) is 19.4 Å². The first-order valence-corrected chi connectivity index (χ1v) is 12.2. The Bertz CT molecular complexity index is 1640. The first-order chi connectivity index (χ1) is 18.6. The van der Waals surface area contributed by atoms with Crippen molar-refractivity contribution < 1.29 is 14.4 Å². The van der Waals surface area contributed by atoms with Crippen LogP contribution in [0.25, 0.3) is 28.0 Å². The first-order valence-electron chi connectivity index (χ1n) is 12.2. The summed E-state index contributed by atoms with van der Waals surface area (Å²) >= 11 is 0. The lowest BCUT2D eigenvalue weighted by Crippen LogP contribution is -2.52. The molecule has 5 aromatic rings. The van der Waals surface area contributed by atoms with Crippen LogP contribution in [-0.4, -0.2) is 78.5 Å². The summed E-state index contributed by atoms with van der Waals surface area (Å²) in [5.41, 5.74) is 3.99. The van der Waals surface area contributed by atoms with E-state index in [1.54, 1.807) is 40.2 Å². The number of piperazine rings is 1. The minimum atomic E-state index is -0.642. The molecule has 38 heavy (non-hydrogen) atoms. The standard InChI is InChI=1S/C28H23N7O3/c36-26(28(38)34-15-13-33(14-16-34)27(37)19-7-3-1-4-8-19)22-17-30-24-21(11-12-29-25(22)24)23-18-35(32-31-23)20-9-5-2-6-10-20/h1-12,17-18,30H,13-16H2. The maximum atomic E-state index is 13.2. The van der Waals surface area contributed by atoms with Crippen LogP contribution in [0.15, 0.2) is 85.3 Å². The van der Waals surface area contributed by atoms with Gasteiger partial charge in [-0.05, 0) is 30.3 Å². The maximum absolute atomic E-state index is 13.2. The molecule has 2 aromatic carbocycles. The number of pyridine rings is 1. The summed E-state index contributed by atoms with van der Waals surface area (Å²) in [6.07, 6.45) is 4.90. The number of hydrogen-bond donors (Lipinski definition) is 1. The smallest absolute Gasteiger partial charge is 0.295 e. The molecule has 1 aliphatic rings. The molecule has 0 saturated carbocycles. The summed E-state index contributed by atoms with van der Waals surface area (Å²) in [6.45, 7) is 1.29. The summed E-state index contributed by atoms with van der Waals surface area (Å²) in [5.74, 6) is -1.34. The summed E-state index contributed by atoms with van der Waals surface area (Å²) in [5, 5.41) is 8.51. The van der Waals surface area contributed by atoms with Crippen molar-refractivity contribution in [3.63, 3.8) is 0 Å². The highest BCUT2D eigenvalue weighted by Gasteiger charge is 2.30. The van der Waals surface area contributed by atoms with Gasteiger partial charge in [0.2, 0.25) is 0 Å². The first kappa shape index (κ1) is 23.3. The summed E-state index contributed by atoms with van der Waals surface area (Å²) in [7, 11) is 0. The number of rotatable bonds is 5. The van der Waals surface area contributed by atoms with E-state index in [1.807, 2.05) is 48.5 Å². The molecule has 2 amide bonds. The van der Waals surface area contributed by atoms with E-state index < -0.39 is 11.7 Å². The SMILES string of the molecule is O=C(C(=O)N1CCN(C(=O)c2ccccc2)CC1)c1c[nH]c2c(-c3cn(-c4ccccc4)nn3)ccnc12. The number of benzene rings is 2. The van der Waals surface area contributed by atoms with Gasteiger partial charge in [0.15, 0.2) is 0 Å². The Morgan fingerprint density at radius 1 is 0.816 bits per heavy atom. The van der Waals surface area contributed by atoms with E-state index in [9.17, 15) is 14.4 Å². The predicted molar refractivity (Wildman–Crippen MR) is 140 cm³/mol. The van der Waals surface area contributed by atoms with Crippen LogP contribution in [0, 0.1) is 0 Å². The van der Waals surface area contributed by atoms with Crippen LogP contribution < -0.4 is 0 Å². The number of carbonyl (C=O) groups is 3. The van der Waals surface area contributed by atoms with Crippen LogP contribution in [0.5, 0.6) is 0 Å².